The molecule has 0 aliphatic carbocycles. The second kappa shape index (κ2) is 18.7. The van der Waals surface area contributed by atoms with Crippen molar-refractivity contribution in [3.05, 3.63) is 210 Å². The Morgan fingerprint density at radius 3 is 0.530 bits per heavy atom. The van der Waals surface area contributed by atoms with Crippen molar-refractivity contribution in [2.24, 2.45) is 0 Å². The SMILES string of the molecule is O=C1c2ccc3c4ccc5c6c(cc(/C=C/c7cc8c9c(ccc%10c%11c(/C=C/c%12cc%13c%14c(ccc%15c%16ccc%17c%18c(ccc(c%12c%14%15)c%18%16)C(=O)N(Cl)C%17=O)C(=O)N(Cl)C%13=O)cc%12c%13c(ccc(c7c9%10)c%13%11)C(=O)N(Cl)C%12=O)C(=O)N(Cl)C8=O)c(c7ccc(c2c37)C(=O)N1Cl)c64)C(=O)N(Cl)C5=O. The second-order valence-electron chi connectivity index (χ2n) is 25.4. The number of nitrogens with zero attached hydrogens (tertiary/aromatic N) is 6. The van der Waals surface area contributed by atoms with Gasteiger partial charge >= 0.3 is 0 Å². The largest absolute Gasteiger partial charge is 0.276 e. The highest BCUT2D eigenvalue weighted by atomic mass is 35.5. The molecule has 0 fully saturated rings. The number of hydrogen-bond donors (Lipinski definition) is 0. The first-order valence-electron chi connectivity index (χ1n) is 30.6. The van der Waals surface area contributed by atoms with Crippen LogP contribution in [0.15, 0.2) is 121 Å². The summed E-state index contributed by atoms with van der Waals surface area (Å²) in [6.07, 6.45) is 6.81. The van der Waals surface area contributed by atoms with Crippen molar-refractivity contribution >= 4 is 295 Å². The Morgan fingerprint density at radius 2 is 0.320 bits per heavy atom. The fourth-order valence-electron chi connectivity index (χ4n) is 17.0. The van der Waals surface area contributed by atoms with Crippen LogP contribution in [0.5, 0.6) is 0 Å². The number of carbonyl (C=O) groups is 12. The zero-order valence-electron chi connectivity index (χ0n) is 49.7. The van der Waals surface area contributed by atoms with Crippen LogP contribution >= 0.6 is 70.7 Å². The highest BCUT2D eigenvalue weighted by molar-refractivity contribution is 6.52. The molecule has 24 heteroatoms. The smallest absolute Gasteiger partial charge is 0.267 e. The van der Waals surface area contributed by atoms with Crippen LogP contribution in [0, 0.1) is 0 Å². The van der Waals surface area contributed by atoms with Gasteiger partial charge in [-0.3, -0.25) is 57.5 Å². The molecule has 100 heavy (non-hydrogen) atoms. The summed E-state index contributed by atoms with van der Waals surface area (Å²) in [5, 5.41) is 10.5. The van der Waals surface area contributed by atoms with Crippen molar-refractivity contribution in [3.8, 4) is 0 Å². The van der Waals surface area contributed by atoms with Gasteiger partial charge in [-0.15, -0.1) is 0 Å². The monoisotopic (exact) mass is 1420 g/mol. The normalized spacial score (nSPS) is 16.3. The molecular formula is C76H24Cl6N6O12. The number of hydrogen-bond acceptors (Lipinski definition) is 12. The van der Waals surface area contributed by atoms with E-state index >= 15 is 0 Å². The van der Waals surface area contributed by atoms with Crippen LogP contribution in [-0.2, 0) is 0 Å². The van der Waals surface area contributed by atoms with Gasteiger partial charge in [-0.05, 0) is 192 Å². The van der Waals surface area contributed by atoms with Crippen molar-refractivity contribution in [3.63, 3.8) is 0 Å². The lowest BCUT2D eigenvalue weighted by Crippen LogP contribution is -2.33. The standard InChI is InChI=1S/C76H24Cl6N6O12/c77-83-65(89)37-13-5-29-31-7-15-41-57-45(73(97)85(79)69(41)93)21-25(49(61(31)57)33-9-17-39(67(83)91)55(37)53(29)33)1-3-27-23-47-59-43(71(95)87(81)75(47)99)20-12-36-52-28(24-48-60-44(72(96)88(82)76(48)100)19-11-35(64(52)60)51(27)63(36)59)4-2-26-22-46-58-42(70(94)86(80)74(46)98)16-8-32-30-6-14-38-56-40(68(92)84(78)66(38)90)18-10-34(54(30)56)50(26)62(32)58/h1-24H/b3-1+,4-2+. The van der Waals surface area contributed by atoms with E-state index in [1.165, 1.54) is 12.1 Å². The molecule has 0 unspecified atom stereocenters. The molecule has 0 spiro atoms. The molecule has 472 valence electrons. The molecule has 0 bridgehead atoms. The maximum Gasteiger partial charge on any atom is 0.276 e. The van der Waals surface area contributed by atoms with Crippen molar-refractivity contribution in [2.75, 3.05) is 0 Å². The van der Waals surface area contributed by atoms with E-state index in [9.17, 15) is 57.5 Å². The van der Waals surface area contributed by atoms with Gasteiger partial charge in [-0.25, -0.2) is 0 Å². The number of benzene rings is 15. The summed E-state index contributed by atoms with van der Waals surface area (Å²) in [6.45, 7) is 0. The van der Waals surface area contributed by atoms with Crippen molar-refractivity contribution in [1.82, 2.24) is 26.5 Å². The predicted octanol–water partition coefficient (Wildman–Crippen LogP) is 16.7. The van der Waals surface area contributed by atoms with E-state index in [1.807, 2.05) is 0 Å². The maximum atomic E-state index is 14.8. The van der Waals surface area contributed by atoms with E-state index in [1.54, 1.807) is 133 Å². The van der Waals surface area contributed by atoms with Crippen molar-refractivity contribution in [2.45, 2.75) is 0 Å². The van der Waals surface area contributed by atoms with E-state index < -0.39 is 70.9 Å². The molecule has 6 heterocycles. The lowest BCUT2D eigenvalue weighted by atomic mass is 9.79. The average molecular weight is 1430 g/mol. The molecule has 6 aliphatic rings. The molecule has 0 saturated carbocycles. The lowest BCUT2D eigenvalue weighted by molar-refractivity contribution is 0.0711. The molecule has 0 N–H and O–H groups in total. The van der Waals surface area contributed by atoms with Gasteiger partial charge in [0.25, 0.3) is 70.9 Å². The van der Waals surface area contributed by atoms with E-state index in [4.69, 9.17) is 70.7 Å². The third kappa shape index (κ3) is 6.51. The predicted molar refractivity (Wildman–Crippen MR) is 379 cm³/mol. The Kier molecular flexibility index (Phi) is 10.7. The Bertz CT molecular complexity index is 6600. The molecular weight excluding hydrogens is 1400 g/mol. The Labute approximate surface area is 585 Å². The summed E-state index contributed by atoms with van der Waals surface area (Å²) in [6, 6.07) is 32.5. The summed E-state index contributed by atoms with van der Waals surface area (Å²) in [5.41, 5.74) is 2.52. The van der Waals surface area contributed by atoms with Gasteiger partial charge in [0.05, 0.1) is 22.3 Å². The quantitative estimate of drug-likeness (QED) is 0.0527. The summed E-state index contributed by atoms with van der Waals surface area (Å²) >= 11 is 39.0. The average Bonchev–Trinajstić information content (AvgIpc) is 0.697. The number of fused-ring (bicyclic) bond motifs is 6. The van der Waals surface area contributed by atoms with E-state index in [0.717, 1.165) is 0 Å². The summed E-state index contributed by atoms with van der Waals surface area (Å²) in [4.78, 5) is 171. The lowest BCUT2D eigenvalue weighted by Gasteiger charge is -2.28. The van der Waals surface area contributed by atoms with Gasteiger partial charge in [0.15, 0.2) is 0 Å². The van der Waals surface area contributed by atoms with Crippen LogP contribution in [0.1, 0.15) is 147 Å². The first-order valence-corrected chi connectivity index (χ1v) is 32.6. The Morgan fingerprint density at radius 1 is 0.170 bits per heavy atom. The zero-order chi connectivity index (χ0) is 68.5. The highest BCUT2D eigenvalue weighted by Gasteiger charge is 2.43. The van der Waals surface area contributed by atoms with Gasteiger partial charge in [0.2, 0.25) is 0 Å². The molecule has 21 rings (SSSR count). The van der Waals surface area contributed by atoms with Gasteiger partial charge in [-0.1, -0.05) is 72.8 Å². The molecule has 12 amide bonds. The van der Waals surface area contributed by atoms with Crippen LogP contribution in [0.4, 0.5) is 0 Å². The maximum absolute atomic E-state index is 14.8. The van der Waals surface area contributed by atoms with Gasteiger partial charge in [-0.2, -0.15) is 26.5 Å². The number of rotatable bonds is 4. The molecule has 0 aromatic heterocycles. The molecule has 0 radical (unpaired) electrons. The first-order chi connectivity index (χ1) is 48.2. The number of amides is 12. The third-order valence-corrected chi connectivity index (χ3v) is 22.9. The van der Waals surface area contributed by atoms with E-state index in [-0.39, 0.29) is 77.5 Å². The first kappa shape index (κ1) is 57.3. The molecule has 18 nitrogen and oxygen atoms in total. The van der Waals surface area contributed by atoms with Crippen molar-refractivity contribution < 1.29 is 57.5 Å². The van der Waals surface area contributed by atoms with E-state index in [0.29, 0.717) is 167 Å². The summed E-state index contributed by atoms with van der Waals surface area (Å²) < 4.78 is 3.06. The molecule has 15 aromatic carbocycles. The van der Waals surface area contributed by atoms with Gasteiger partial charge < -0.3 is 0 Å². The Hall–Kier alpha value is -11.7. The Balaban J connectivity index is 0.877. The topological polar surface area (TPSA) is 224 Å². The highest BCUT2D eigenvalue weighted by Crippen LogP contribution is 2.54. The number of imide groups is 6. The number of halogens is 6. The minimum atomic E-state index is -0.873. The van der Waals surface area contributed by atoms with Crippen molar-refractivity contribution in [1.29, 1.82) is 0 Å². The third-order valence-electron chi connectivity index (χ3n) is 21.0. The van der Waals surface area contributed by atoms with Crippen LogP contribution in [0.3, 0.4) is 0 Å². The van der Waals surface area contributed by atoms with Crippen LogP contribution in [0.25, 0.3) is 154 Å². The molecule has 15 aromatic rings. The van der Waals surface area contributed by atoms with Crippen LogP contribution in [-0.4, -0.2) is 97.4 Å². The molecule has 0 atom stereocenters. The fraction of sp³-hybridized carbons (Fsp3) is 0. The van der Waals surface area contributed by atoms with Crippen LogP contribution in [0.2, 0.25) is 0 Å². The van der Waals surface area contributed by atoms with Gasteiger partial charge in [0, 0.05) is 147 Å². The molecule has 0 saturated heterocycles. The van der Waals surface area contributed by atoms with Gasteiger partial charge in [0.1, 0.15) is 0 Å². The fourth-order valence-corrected chi connectivity index (χ4v) is 18.1. The second-order valence-corrected chi connectivity index (χ2v) is 27.4. The summed E-state index contributed by atoms with van der Waals surface area (Å²) in [5.74, 6) is -9.53. The summed E-state index contributed by atoms with van der Waals surface area (Å²) in [7, 11) is 0. The minimum Gasteiger partial charge on any atom is -0.267 e. The minimum absolute atomic E-state index is 0.00170. The van der Waals surface area contributed by atoms with Crippen LogP contribution < -0.4 is 0 Å². The zero-order valence-corrected chi connectivity index (χ0v) is 54.2. The molecule has 6 aliphatic heterocycles. The number of carbonyl (C=O) groups excluding carboxylic acids is 12. The van der Waals surface area contributed by atoms with E-state index in [2.05, 4.69) is 0 Å².